The van der Waals surface area contributed by atoms with Crippen LogP contribution in [0.25, 0.3) is 11.3 Å². The normalized spacial score (nSPS) is 18.6. The van der Waals surface area contributed by atoms with Gasteiger partial charge in [-0.1, -0.05) is 12.1 Å². The molecule has 6 heteroatoms. The molecule has 112 valence electrons. The fraction of sp³-hybridized carbons (Fsp3) is 0.400. The van der Waals surface area contributed by atoms with Gasteiger partial charge in [-0.05, 0) is 24.5 Å². The Morgan fingerprint density at radius 2 is 1.95 bits per heavy atom. The molecular weight excluding hydrogens is 281 g/mol. The number of aromatic nitrogens is 2. The molecule has 0 aliphatic carbocycles. The van der Waals surface area contributed by atoms with Crippen molar-refractivity contribution in [2.45, 2.75) is 25.6 Å². The zero-order valence-corrected chi connectivity index (χ0v) is 11.3. The first kappa shape index (κ1) is 14.1. The highest BCUT2D eigenvalue weighted by molar-refractivity contribution is 5.59. The third-order valence-corrected chi connectivity index (χ3v) is 3.87. The lowest BCUT2D eigenvalue weighted by atomic mass is 9.99. The van der Waals surface area contributed by atoms with Gasteiger partial charge in [0.1, 0.15) is 5.82 Å². The molecule has 3 nitrogen and oxygen atoms in total. The molecule has 1 N–H and O–H groups in total. The molecule has 0 fully saturated rings. The van der Waals surface area contributed by atoms with Crippen molar-refractivity contribution in [3.05, 3.63) is 41.9 Å². The second-order valence-corrected chi connectivity index (χ2v) is 5.35. The molecule has 2 heterocycles. The first-order valence-electron chi connectivity index (χ1n) is 6.82. The Kier molecular flexibility index (Phi) is 3.49. The van der Waals surface area contributed by atoms with E-state index < -0.39 is 11.7 Å². The Hall–Kier alpha value is -1.82. The lowest BCUT2D eigenvalue weighted by molar-refractivity contribution is -0.137. The average molecular weight is 296 g/mol. The van der Waals surface area contributed by atoms with Gasteiger partial charge >= 0.3 is 6.18 Å². The summed E-state index contributed by atoms with van der Waals surface area (Å²) in [6.07, 6.45) is -0.852. The number of benzene rings is 1. The predicted octanol–water partition coefficient (Wildman–Crippen LogP) is 3.12. The molecule has 0 saturated carbocycles. The van der Waals surface area contributed by atoms with E-state index in [0.717, 1.165) is 30.9 Å². The second-order valence-electron chi connectivity index (χ2n) is 5.35. The van der Waals surface area contributed by atoms with Gasteiger partial charge in [-0.25, -0.2) is 4.98 Å². The Morgan fingerprint density at radius 1 is 1.24 bits per heavy atom. The number of alkyl halides is 3. The van der Waals surface area contributed by atoms with Crippen molar-refractivity contribution in [2.75, 3.05) is 6.61 Å². The molecule has 2 aromatic rings. The molecule has 3 rings (SSSR count). The Labute approximate surface area is 120 Å². The van der Waals surface area contributed by atoms with Crippen LogP contribution in [-0.4, -0.2) is 21.3 Å². The van der Waals surface area contributed by atoms with E-state index in [1.165, 1.54) is 12.1 Å². The maximum Gasteiger partial charge on any atom is 0.416 e. The topological polar surface area (TPSA) is 38.0 Å². The number of aliphatic hydroxyl groups excluding tert-OH is 1. The number of fused-ring (bicyclic) bond motifs is 1. The van der Waals surface area contributed by atoms with Gasteiger partial charge in [0, 0.05) is 31.3 Å². The minimum Gasteiger partial charge on any atom is -0.396 e. The molecule has 1 aromatic heterocycles. The highest BCUT2D eigenvalue weighted by Crippen LogP contribution is 2.31. The summed E-state index contributed by atoms with van der Waals surface area (Å²) in [5, 5.41) is 9.20. The molecule has 0 radical (unpaired) electrons. The number of imidazole rings is 1. The molecule has 0 spiro atoms. The van der Waals surface area contributed by atoms with E-state index in [1.807, 2.05) is 10.8 Å². The number of aliphatic hydroxyl groups is 1. The van der Waals surface area contributed by atoms with Crippen LogP contribution in [0.4, 0.5) is 13.2 Å². The summed E-state index contributed by atoms with van der Waals surface area (Å²) in [5.41, 5.74) is 0.693. The summed E-state index contributed by atoms with van der Waals surface area (Å²) in [6, 6.07) is 5.04. The summed E-state index contributed by atoms with van der Waals surface area (Å²) in [4.78, 5) is 4.48. The fourth-order valence-corrected chi connectivity index (χ4v) is 2.62. The van der Waals surface area contributed by atoms with Gasteiger partial charge in [0.05, 0.1) is 11.3 Å². The van der Waals surface area contributed by atoms with Gasteiger partial charge in [0.15, 0.2) is 0 Å². The number of hydrogen-bond acceptors (Lipinski definition) is 2. The molecule has 21 heavy (non-hydrogen) atoms. The van der Waals surface area contributed by atoms with Crippen molar-refractivity contribution in [2.24, 2.45) is 5.92 Å². The summed E-state index contributed by atoms with van der Waals surface area (Å²) in [6.45, 7) is 0.927. The zero-order chi connectivity index (χ0) is 15.0. The van der Waals surface area contributed by atoms with Gasteiger partial charge in [0.25, 0.3) is 0 Å². The van der Waals surface area contributed by atoms with Crippen LogP contribution >= 0.6 is 0 Å². The Bertz CT molecular complexity index is 631. The Morgan fingerprint density at radius 3 is 2.57 bits per heavy atom. The van der Waals surface area contributed by atoms with Crippen LogP contribution in [0.15, 0.2) is 30.5 Å². The summed E-state index contributed by atoms with van der Waals surface area (Å²) >= 11 is 0. The number of aryl methyl sites for hydroxylation is 1. The van der Waals surface area contributed by atoms with Crippen molar-refractivity contribution in [3.8, 4) is 11.3 Å². The Balaban J connectivity index is 1.87. The van der Waals surface area contributed by atoms with Crippen molar-refractivity contribution in [1.82, 2.24) is 9.55 Å². The van der Waals surface area contributed by atoms with Crippen LogP contribution < -0.4 is 0 Å². The lowest BCUT2D eigenvalue weighted by Crippen LogP contribution is -2.21. The smallest absolute Gasteiger partial charge is 0.396 e. The van der Waals surface area contributed by atoms with E-state index >= 15 is 0 Å². The fourth-order valence-electron chi connectivity index (χ4n) is 2.62. The first-order valence-corrected chi connectivity index (χ1v) is 6.82. The molecule has 0 saturated heterocycles. The number of nitrogens with zero attached hydrogens (tertiary/aromatic N) is 2. The van der Waals surface area contributed by atoms with E-state index in [9.17, 15) is 18.3 Å². The number of rotatable bonds is 2. The lowest BCUT2D eigenvalue weighted by Gasteiger charge is -2.20. The SMILES string of the molecule is OCC1CCn2cc(-c3ccc(C(F)(F)F)cc3)nc2C1. The van der Waals surface area contributed by atoms with Gasteiger partial charge in [-0.3, -0.25) is 0 Å². The first-order chi connectivity index (χ1) is 9.97. The van der Waals surface area contributed by atoms with Crippen LogP contribution in [0.1, 0.15) is 17.8 Å². The predicted molar refractivity (Wildman–Crippen MR) is 71.6 cm³/mol. The minimum atomic E-state index is -4.32. The molecule has 1 atom stereocenters. The largest absolute Gasteiger partial charge is 0.416 e. The molecule has 1 aliphatic rings. The third kappa shape index (κ3) is 2.81. The highest BCUT2D eigenvalue weighted by Gasteiger charge is 2.30. The van der Waals surface area contributed by atoms with Gasteiger partial charge < -0.3 is 9.67 Å². The molecule has 1 unspecified atom stereocenters. The van der Waals surface area contributed by atoms with Gasteiger partial charge in [-0.15, -0.1) is 0 Å². The molecular formula is C15H15F3N2O. The maximum atomic E-state index is 12.5. The minimum absolute atomic E-state index is 0.141. The second kappa shape index (κ2) is 5.18. The molecule has 0 amide bonds. The van der Waals surface area contributed by atoms with Crippen LogP contribution in [-0.2, 0) is 19.1 Å². The quantitative estimate of drug-likeness (QED) is 0.924. The molecule has 1 aliphatic heterocycles. The van der Waals surface area contributed by atoms with Crippen LogP contribution in [0.5, 0.6) is 0 Å². The summed E-state index contributed by atoms with van der Waals surface area (Å²) in [7, 11) is 0. The summed E-state index contributed by atoms with van der Waals surface area (Å²) < 4.78 is 39.7. The van der Waals surface area contributed by atoms with Crippen molar-refractivity contribution in [1.29, 1.82) is 0 Å². The van der Waals surface area contributed by atoms with E-state index in [0.29, 0.717) is 17.7 Å². The highest BCUT2D eigenvalue weighted by atomic mass is 19.4. The van der Waals surface area contributed by atoms with Gasteiger partial charge in [-0.2, -0.15) is 13.2 Å². The van der Waals surface area contributed by atoms with Gasteiger partial charge in [0.2, 0.25) is 0 Å². The van der Waals surface area contributed by atoms with Crippen molar-refractivity contribution < 1.29 is 18.3 Å². The monoisotopic (exact) mass is 296 g/mol. The van der Waals surface area contributed by atoms with E-state index in [1.54, 1.807) is 0 Å². The zero-order valence-electron chi connectivity index (χ0n) is 11.3. The average Bonchev–Trinajstić information content (AvgIpc) is 2.89. The molecule has 0 bridgehead atoms. The standard InChI is InChI=1S/C15H15F3N2O/c16-15(17,18)12-3-1-11(2-4-12)13-8-20-6-5-10(9-21)7-14(20)19-13/h1-4,8,10,21H,5-7,9H2. The summed E-state index contributed by atoms with van der Waals surface area (Å²) in [5.74, 6) is 1.11. The van der Waals surface area contributed by atoms with E-state index in [2.05, 4.69) is 4.98 Å². The van der Waals surface area contributed by atoms with Crippen LogP contribution in [0.3, 0.4) is 0 Å². The van der Waals surface area contributed by atoms with Crippen molar-refractivity contribution in [3.63, 3.8) is 0 Å². The third-order valence-electron chi connectivity index (χ3n) is 3.87. The van der Waals surface area contributed by atoms with Crippen molar-refractivity contribution >= 4 is 0 Å². The van der Waals surface area contributed by atoms with Crippen LogP contribution in [0.2, 0.25) is 0 Å². The van der Waals surface area contributed by atoms with E-state index in [-0.39, 0.29) is 12.5 Å². The number of hydrogen-bond donors (Lipinski definition) is 1. The number of halogens is 3. The van der Waals surface area contributed by atoms with Crippen LogP contribution in [0, 0.1) is 5.92 Å². The maximum absolute atomic E-state index is 12.5. The van der Waals surface area contributed by atoms with E-state index in [4.69, 9.17) is 0 Å². The molecule has 1 aromatic carbocycles.